The molecule has 1 fully saturated rings. The molecule has 1 aliphatic carbocycles. The van der Waals surface area contributed by atoms with Crippen LogP contribution in [-0.2, 0) is 6.42 Å². The van der Waals surface area contributed by atoms with Gasteiger partial charge in [0.2, 0.25) is 0 Å². The van der Waals surface area contributed by atoms with E-state index < -0.39 is 5.91 Å². The molecule has 0 radical (unpaired) electrons. The number of carbonyl (C=O) groups excluding carboxylic acids is 1. The summed E-state index contributed by atoms with van der Waals surface area (Å²) >= 11 is 0. The summed E-state index contributed by atoms with van der Waals surface area (Å²) in [5.74, 6) is -0.0805. The SMILES string of the molecule is NC(=O)c1c(Cc2ccccc2)nn(C2CCCC2)c1N. The molecule has 2 aromatic rings. The monoisotopic (exact) mass is 284 g/mol. The first-order chi connectivity index (χ1) is 10.2. The van der Waals surface area contributed by atoms with Crippen LogP contribution in [0.25, 0.3) is 0 Å². The molecule has 1 aromatic carbocycles. The summed E-state index contributed by atoms with van der Waals surface area (Å²) in [6.45, 7) is 0. The number of anilines is 1. The summed E-state index contributed by atoms with van der Waals surface area (Å²) in [6, 6.07) is 10.2. The molecule has 0 unspecified atom stereocenters. The number of rotatable bonds is 4. The van der Waals surface area contributed by atoms with E-state index in [-0.39, 0.29) is 0 Å². The van der Waals surface area contributed by atoms with Crippen molar-refractivity contribution >= 4 is 11.7 Å². The minimum Gasteiger partial charge on any atom is -0.383 e. The zero-order valence-electron chi connectivity index (χ0n) is 12.0. The summed E-state index contributed by atoms with van der Waals surface area (Å²) in [5.41, 5.74) is 13.8. The highest BCUT2D eigenvalue weighted by molar-refractivity contribution is 5.98. The first kappa shape index (κ1) is 13.7. The van der Waals surface area contributed by atoms with Crippen molar-refractivity contribution in [3.63, 3.8) is 0 Å². The van der Waals surface area contributed by atoms with E-state index in [1.807, 2.05) is 35.0 Å². The zero-order valence-corrected chi connectivity index (χ0v) is 12.0. The highest BCUT2D eigenvalue weighted by Crippen LogP contribution is 2.33. The molecule has 0 saturated heterocycles. The Hall–Kier alpha value is -2.30. The predicted octanol–water partition coefficient (Wildman–Crippen LogP) is 2.27. The lowest BCUT2D eigenvalue weighted by Gasteiger charge is -2.11. The van der Waals surface area contributed by atoms with Crippen LogP contribution >= 0.6 is 0 Å². The molecule has 5 nitrogen and oxygen atoms in total. The average molecular weight is 284 g/mol. The van der Waals surface area contributed by atoms with Crippen LogP contribution in [0.4, 0.5) is 5.82 Å². The van der Waals surface area contributed by atoms with Gasteiger partial charge in [-0.3, -0.25) is 4.79 Å². The van der Waals surface area contributed by atoms with Gasteiger partial charge in [0.15, 0.2) is 0 Å². The van der Waals surface area contributed by atoms with Crippen molar-refractivity contribution in [1.82, 2.24) is 9.78 Å². The number of nitrogens with two attached hydrogens (primary N) is 2. The second kappa shape index (κ2) is 5.60. The van der Waals surface area contributed by atoms with Crippen LogP contribution in [0.5, 0.6) is 0 Å². The second-order valence-corrected chi connectivity index (χ2v) is 5.62. The lowest BCUT2D eigenvalue weighted by atomic mass is 10.1. The van der Waals surface area contributed by atoms with Gasteiger partial charge >= 0.3 is 0 Å². The highest BCUT2D eigenvalue weighted by atomic mass is 16.1. The number of nitrogen functional groups attached to an aromatic ring is 1. The first-order valence-corrected chi connectivity index (χ1v) is 7.37. The van der Waals surface area contributed by atoms with Crippen molar-refractivity contribution in [2.45, 2.75) is 38.1 Å². The lowest BCUT2D eigenvalue weighted by molar-refractivity contribution is 0.100. The maximum atomic E-state index is 11.7. The van der Waals surface area contributed by atoms with E-state index in [0.29, 0.717) is 29.5 Å². The number of aromatic nitrogens is 2. The van der Waals surface area contributed by atoms with Gasteiger partial charge in [-0.2, -0.15) is 5.10 Å². The fourth-order valence-corrected chi connectivity index (χ4v) is 3.10. The first-order valence-electron chi connectivity index (χ1n) is 7.37. The van der Waals surface area contributed by atoms with Crippen molar-refractivity contribution in [1.29, 1.82) is 0 Å². The molecule has 1 amide bonds. The maximum absolute atomic E-state index is 11.7. The van der Waals surface area contributed by atoms with E-state index in [2.05, 4.69) is 5.10 Å². The van der Waals surface area contributed by atoms with E-state index in [1.165, 1.54) is 12.8 Å². The summed E-state index contributed by atoms with van der Waals surface area (Å²) in [6.07, 6.45) is 5.07. The number of hydrogen-bond acceptors (Lipinski definition) is 3. The number of carbonyl (C=O) groups is 1. The molecule has 0 atom stereocenters. The van der Waals surface area contributed by atoms with Crippen LogP contribution in [0.15, 0.2) is 30.3 Å². The van der Waals surface area contributed by atoms with Crippen LogP contribution in [0.1, 0.15) is 53.3 Å². The Morgan fingerprint density at radius 3 is 2.52 bits per heavy atom. The number of primary amides is 1. The summed E-state index contributed by atoms with van der Waals surface area (Å²) in [4.78, 5) is 11.7. The Morgan fingerprint density at radius 2 is 1.90 bits per heavy atom. The largest absolute Gasteiger partial charge is 0.383 e. The molecule has 1 heterocycles. The zero-order chi connectivity index (χ0) is 14.8. The van der Waals surface area contributed by atoms with E-state index in [0.717, 1.165) is 18.4 Å². The van der Waals surface area contributed by atoms with Crippen LogP contribution in [0.3, 0.4) is 0 Å². The minimum absolute atomic E-state index is 0.299. The normalized spacial score (nSPS) is 15.4. The van der Waals surface area contributed by atoms with Gasteiger partial charge in [0.1, 0.15) is 11.4 Å². The van der Waals surface area contributed by atoms with Crippen molar-refractivity contribution in [2.24, 2.45) is 5.73 Å². The fraction of sp³-hybridized carbons (Fsp3) is 0.375. The van der Waals surface area contributed by atoms with E-state index in [4.69, 9.17) is 11.5 Å². The van der Waals surface area contributed by atoms with Crippen molar-refractivity contribution in [2.75, 3.05) is 5.73 Å². The Balaban J connectivity index is 1.98. The Labute approximate surface area is 123 Å². The van der Waals surface area contributed by atoms with Gasteiger partial charge < -0.3 is 11.5 Å². The number of benzene rings is 1. The van der Waals surface area contributed by atoms with Gasteiger partial charge in [0, 0.05) is 6.42 Å². The molecule has 1 aromatic heterocycles. The van der Waals surface area contributed by atoms with Crippen LogP contribution < -0.4 is 11.5 Å². The smallest absolute Gasteiger partial charge is 0.254 e. The minimum atomic E-state index is -0.498. The van der Waals surface area contributed by atoms with Gasteiger partial charge in [0.25, 0.3) is 5.91 Å². The summed E-state index contributed by atoms with van der Waals surface area (Å²) in [5, 5.41) is 4.60. The molecule has 0 bridgehead atoms. The average Bonchev–Trinajstić information content (AvgIpc) is 3.08. The summed E-state index contributed by atoms with van der Waals surface area (Å²) in [7, 11) is 0. The second-order valence-electron chi connectivity index (χ2n) is 5.62. The van der Waals surface area contributed by atoms with Crippen molar-refractivity contribution in [3.8, 4) is 0 Å². The molecule has 3 rings (SSSR count). The van der Waals surface area contributed by atoms with Crippen molar-refractivity contribution in [3.05, 3.63) is 47.2 Å². The van der Waals surface area contributed by atoms with Crippen LogP contribution in [0, 0.1) is 0 Å². The molecular formula is C16H20N4O. The number of nitrogens with zero attached hydrogens (tertiary/aromatic N) is 2. The van der Waals surface area contributed by atoms with Gasteiger partial charge in [-0.1, -0.05) is 43.2 Å². The molecule has 4 N–H and O–H groups in total. The Kier molecular flexibility index (Phi) is 3.64. The molecule has 1 aliphatic rings. The third-order valence-corrected chi connectivity index (χ3v) is 4.15. The molecule has 0 spiro atoms. The standard InChI is InChI=1S/C16H20N4O/c17-15-14(16(18)21)13(10-11-6-2-1-3-7-11)19-20(15)12-8-4-5-9-12/h1-3,6-7,12H,4-5,8-10,17H2,(H2,18,21). The van der Waals surface area contributed by atoms with Gasteiger partial charge in [-0.05, 0) is 18.4 Å². The predicted molar refractivity (Wildman–Crippen MR) is 81.9 cm³/mol. The fourth-order valence-electron chi connectivity index (χ4n) is 3.10. The Bertz CT molecular complexity index is 642. The van der Waals surface area contributed by atoms with Gasteiger partial charge in [-0.15, -0.1) is 0 Å². The van der Waals surface area contributed by atoms with Crippen LogP contribution in [0.2, 0.25) is 0 Å². The van der Waals surface area contributed by atoms with E-state index in [9.17, 15) is 4.79 Å². The molecule has 1 saturated carbocycles. The molecule has 0 aliphatic heterocycles. The summed E-state index contributed by atoms with van der Waals surface area (Å²) < 4.78 is 1.81. The molecule has 110 valence electrons. The van der Waals surface area contributed by atoms with Crippen molar-refractivity contribution < 1.29 is 4.79 Å². The van der Waals surface area contributed by atoms with Crippen LogP contribution in [-0.4, -0.2) is 15.7 Å². The molecule has 21 heavy (non-hydrogen) atoms. The molecular weight excluding hydrogens is 264 g/mol. The lowest BCUT2D eigenvalue weighted by Crippen LogP contribution is -2.16. The maximum Gasteiger partial charge on any atom is 0.254 e. The Morgan fingerprint density at radius 1 is 1.24 bits per heavy atom. The number of hydrogen-bond donors (Lipinski definition) is 2. The van der Waals surface area contributed by atoms with E-state index in [1.54, 1.807) is 0 Å². The third kappa shape index (κ3) is 2.63. The van der Waals surface area contributed by atoms with Gasteiger partial charge in [0.05, 0.1) is 11.7 Å². The molecule has 5 heteroatoms. The number of amides is 1. The third-order valence-electron chi connectivity index (χ3n) is 4.15. The highest BCUT2D eigenvalue weighted by Gasteiger charge is 2.26. The quantitative estimate of drug-likeness (QED) is 0.902. The van der Waals surface area contributed by atoms with Gasteiger partial charge in [-0.25, -0.2) is 4.68 Å². The van der Waals surface area contributed by atoms with E-state index >= 15 is 0 Å². The topological polar surface area (TPSA) is 86.9 Å².